The van der Waals surface area contributed by atoms with Gasteiger partial charge < -0.3 is 10.1 Å². The minimum Gasteiger partial charge on any atom is -0.480 e. The van der Waals surface area contributed by atoms with E-state index in [2.05, 4.69) is 11.2 Å². The molecule has 1 saturated heterocycles. The number of ether oxygens (including phenoxy) is 1. The number of benzene rings is 3. The number of hydrogen-bond acceptors (Lipinski definition) is 3. The molecule has 6 heteroatoms. The van der Waals surface area contributed by atoms with Crippen molar-refractivity contribution in [1.82, 2.24) is 5.32 Å². The van der Waals surface area contributed by atoms with Gasteiger partial charge in [-0.05, 0) is 41.1 Å². The van der Waals surface area contributed by atoms with E-state index in [9.17, 15) is 9.59 Å². The second-order valence-electron chi connectivity index (χ2n) is 6.30. The number of urea groups is 1. The van der Waals surface area contributed by atoms with Crippen LogP contribution in [0.15, 0.2) is 66.4 Å². The molecule has 0 saturated carbocycles. The predicted molar refractivity (Wildman–Crippen MR) is 114 cm³/mol. The maximum Gasteiger partial charge on any atom is 0.333 e. The summed E-state index contributed by atoms with van der Waals surface area (Å²) in [6, 6.07) is 17.4. The fourth-order valence-corrected chi connectivity index (χ4v) is 3.38. The van der Waals surface area contributed by atoms with E-state index in [1.54, 1.807) is 36.4 Å². The molecule has 1 aliphatic rings. The Labute approximate surface area is 172 Å². The fourth-order valence-electron chi connectivity index (χ4n) is 3.20. The Hall–Kier alpha value is -3.75. The number of anilines is 1. The first kappa shape index (κ1) is 18.6. The first-order valence-electron chi connectivity index (χ1n) is 8.79. The Morgan fingerprint density at radius 2 is 1.93 bits per heavy atom. The van der Waals surface area contributed by atoms with E-state index in [1.165, 1.54) is 0 Å². The number of carbonyl (C=O) groups excluding carboxylic acids is 2. The summed E-state index contributed by atoms with van der Waals surface area (Å²) in [5.74, 6) is 2.48. The lowest BCUT2D eigenvalue weighted by Crippen LogP contribution is -2.30. The molecule has 1 aliphatic heterocycles. The highest BCUT2D eigenvalue weighted by molar-refractivity contribution is 6.32. The minimum atomic E-state index is -0.546. The Morgan fingerprint density at radius 3 is 2.72 bits per heavy atom. The molecule has 4 rings (SSSR count). The fraction of sp³-hybridized carbons (Fsp3) is 0.0435. The Bertz CT molecular complexity index is 1210. The highest BCUT2D eigenvalue weighted by atomic mass is 35.5. The SMILES string of the molecule is C#CCOc1ccc2ccccc2c1C=C1NC(=O)N(c2cccc(Cl)c2)C1=O. The van der Waals surface area contributed by atoms with Gasteiger partial charge in [-0.1, -0.05) is 53.9 Å². The van der Waals surface area contributed by atoms with Crippen LogP contribution in [0.5, 0.6) is 5.75 Å². The van der Waals surface area contributed by atoms with Crippen molar-refractivity contribution in [1.29, 1.82) is 0 Å². The van der Waals surface area contributed by atoms with Crippen LogP contribution in [0.4, 0.5) is 10.5 Å². The molecule has 0 aliphatic carbocycles. The molecule has 1 fully saturated rings. The van der Waals surface area contributed by atoms with Crippen molar-refractivity contribution in [3.63, 3.8) is 0 Å². The molecule has 0 aromatic heterocycles. The van der Waals surface area contributed by atoms with Gasteiger partial charge in [-0.25, -0.2) is 9.69 Å². The summed E-state index contributed by atoms with van der Waals surface area (Å²) in [4.78, 5) is 26.5. The van der Waals surface area contributed by atoms with E-state index >= 15 is 0 Å². The zero-order valence-corrected chi connectivity index (χ0v) is 15.9. The lowest BCUT2D eigenvalue weighted by atomic mass is 10.0. The third-order valence-corrected chi connectivity index (χ3v) is 4.71. The van der Waals surface area contributed by atoms with Gasteiger partial charge in [0.05, 0.1) is 5.69 Å². The van der Waals surface area contributed by atoms with Crippen molar-refractivity contribution < 1.29 is 14.3 Å². The van der Waals surface area contributed by atoms with E-state index in [0.717, 1.165) is 15.7 Å². The van der Waals surface area contributed by atoms with Gasteiger partial charge in [0.1, 0.15) is 18.1 Å². The third-order valence-electron chi connectivity index (χ3n) is 4.47. The van der Waals surface area contributed by atoms with Crippen molar-refractivity contribution in [2.75, 3.05) is 11.5 Å². The maximum atomic E-state index is 13.0. The van der Waals surface area contributed by atoms with Crippen LogP contribution >= 0.6 is 11.6 Å². The van der Waals surface area contributed by atoms with Crippen LogP contribution in [-0.2, 0) is 4.79 Å². The summed E-state index contributed by atoms with van der Waals surface area (Å²) in [6.07, 6.45) is 6.93. The Morgan fingerprint density at radius 1 is 1.10 bits per heavy atom. The average molecular weight is 403 g/mol. The molecule has 3 aromatic rings. The molecule has 29 heavy (non-hydrogen) atoms. The van der Waals surface area contributed by atoms with E-state index in [0.29, 0.717) is 22.0 Å². The summed E-state index contributed by atoms with van der Waals surface area (Å²) >= 11 is 6.00. The highest BCUT2D eigenvalue weighted by Crippen LogP contribution is 2.32. The molecular weight excluding hydrogens is 388 g/mol. The van der Waals surface area contributed by atoms with Crippen LogP contribution in [0, 0.1) is 12.3 Å². The van der Waals surface area contributed by atoms with E-state index in [1.807, 2.05) is 30.3 Å². The number of hydrogen-bond donors (Lipinski definition) is 1. The van der Waals surface area contributed by atoms with E-state index in [4.69, 9.17) is 22.8 Å². The lowest BCUT2D eigenvalue weighted by Gasteiger charge is -2.12. The number of rotatable bonds is 4. The number of nitrogens with zero attached hydrogens (tertiary/aromatic N) is 1. The second kappa shape index (κ2) is 7.70. The van der Waals surface area contributed by atoms with Crippen LogP contribution in [-0.4, -0.2) is 18.5 Å². The summed E-state index contributed by atoms with van der Waals surface area (Å²) in [5.41, 5.74) is 1.19. The van der Waals surface area contributed by atoms with E-state index in [-0.39, 0.29) is 12.3 Å². The van der Waals surface area contributed by atoms with Crippen LogP contribution < -0.4 is 15.0 Å². The van der Waals surface area contributed by atoms with Crippen molar-refractivity contribution in [3.8, 4) is 18.1 Å². The Kier molecular flexibility index (Phi) is 4.94. The first-order valence-corrected chi connectivity index (χ1v) is 9.17. The lowest BCUT2D eigenvalue weighted by molar-refractivity contribution is -0.113. The normalized spacial score (nSPS) is 14.9. The molecule has 3 aromatic carbocycles. The van der Waals surface area contributed by atoms with Gasteiger partial charge in [0.2, 0.25) is 0 Å². The molecule has 0 unspecified atom stereocenters. The Balaban J connectivity index is 1.80. The zero-order valence-electron chi connectivity index (χ0n) is 15.2. The smallest absolute Gasteiger partial charge is 0.333 e. The van der Waals surface area contributed by atoms with Gasteiger partial charge in [0, 0.05) is 10.6 Å². The third kappa shape index (κ3) is 3.54. The van der Waals surface area contributed by atoms with Crippen molar-refractivity contribution in [3.05, 3.63) is 76.9 Å². The predicted octanol–water partition coefficient (Wildman–Crippen LogP) is 4.60. The summed E-state index contributed by atoms with van der Waals surface area (Å²) in [7, 11) is 0. The number of nitrogens with one attached hydrogen (secondary N) is 1. The van der Waals surface area contributed by atoms with Gasteiger partial charge in [-0.3, -0.25) is 4.79 Å². The summed E-state index contributed by atoms with van der Waals surface area (Å²) < 4.78 is 5.66. The highest BCUT2D eigenvalue weighted by Gasteiger charge is 2.35. The summed E-state index contributed by atoms with van der Waals surface area (Å²) in [5, 5.41) is 4.90. The molecule has 1 heterocycles. The summed E-state index contributed by atoms with van der Waals surface area (Å²) in [6.45, 7) is 0.0868. The molecule has 142 valence electrons. The number of amides is 3. The second-order valence-corrected chi connectivity index (χ2v) is 6.74. The molecule has 0 atom stereocenters. The molecule has 3 amide bonds. The molecule has 0 spiro atoms. The van der Waals surface area contributed by atoms with Crippen molar-refractivity contribution in [2.24, 2.45) is 0 Å². The van der Waals surface area contributed by atoms with Gasteiger partial charge in [-0.2, -0.15) is 0 Å². The standard InChI is InChI=1S/C23H15ClN2O3/c1-2-12-29-21-11-10-15-6-3-4-9-18(15)19(21)14-20-22(27)26(23(28)25-20)17-8-5-7-16(24)13-17/h1,3-11,13-14H,12H2,(H,25,28). The first-order chi connectivity index (χ1) is 14.1. The molecule has 5 nitrogen and oxygen atoms in total. The van der Waals surface area contributed by atoms with Crippen LogP contribution in [0.2, 0.25) is 5.02 Å². The van der Waals surface area contributed by atoms with Gasteiger partial charge in [0.25, 0.3) is 5.91 Å². The molecule has 0 radical (unpaired) electrons. The molecule has 1 N–H and O–H groups in total. The number of fused-ring (bicyclic) bond motifs is 1. The monoisotopic (exact) mass is 402 g/mol. The number of halogens is 1. The zero-order chi connectivity index (χ0) is 20.4. The topological polar surface area (TPSA) is 58.6 Å². The van der Waals surface area contributed by atoms with Crippen LogP contribution in [0.1, 0.15) is 5.56 Å². The van der Waals surface area contributed by atoms with Crippen molar-refractivity contribution >= 4 is 46.1 Å². The van der Waals surface area contributed by atoms with Crippen LogP contribution in [0.3, 0.4) is 0 Å². The van der Waals surface area contributed by atoms with Crippen LogP contribution in [0.25, 0.3) is 16.8 Å². The van der Waals surface area contributed by atoms with Gasteiger partial charge >= 0.3 is 6.03 Å². The van der Waals surface area contributed by atoms with E-state index < -0.39 is 11.9 Å². The molecule has 0 bridgehead atoms. The number of terminal acetylenes is 1. The maximum absolute atomic E-state index is 13.0. The molecular formula is C23H15ClN2O3. The number of imide groups is 1. The largest absolute Gasteiger partial charge is 0.480 e. The quantitative estimate of drug-likeness (QED) is 0.394. The number of carbonyl (C=O) groups is 2. The minimum absolute atomic E-state index is 0.0868. The average Bonchev–Trinajstić information content (AvgIpc) is 3.00. The van der Waals surface area contributed by atoms with Gasteiger partial charge in [0.15, 0.2) is 0 Å². The van der Waals surface area contributed by atoms with Gasteiger partial charge in [-0.15, -0.1) is 6.42 Å². The van der Waals surface area contributed by atoms with Crippen molar-refractivity contribution in [2.45, 2.75) is 0 Å².